The van der Waals surface area contributed by atoms with Crippen LogP contribution in [0.3, 0.4) is 0 Å². The molecule has 3 heterocycles. The van der Waals surface area contributed by atoms with E-state index in [1.54, 1.807) is 11.3 Å². The van der Waals surface area contributed by atoms with Gasteiger partial charge in [-0.25, -0.2) is 9.48 Å². The molecule has 36 heavy (non-hydrogen) atoms. The van der Waals surface area contributed by atoms with Gasteiger partial charge >= 0.3 is 6.03 Å². The molecule has 4 amide bonds. The molecule has 2 aliphatic carbocycles. The number of carbonyl (C=O) groups is 3. The Bertz CT molecular complexity index is 1290. The van der Waals surface area contributed by atoms with Crippen molar-refractivity contribution in [1.82, 2.24) is 30.5 Å². The van der Waals surface area contributed by atoms with Crippen LogP contribution in [0.2, 0.25) is 0 Å². The minimum absolute atomic E-state index is 0.0185. The van der Waals surface area contributed by atoms with Gasteiger partial charge in [0.05, 0.1) is 17.1 Å². The van der Waals surface area contributed by atoms with Crippen LogP contribution < -0.4 is 10.6 Å². The van der Waals surface area contributed by atoms with E-state index >= 15 is 0 Å². The molecule has 0 atom stereocenters. The highest BCUT2D eigenvalue weighted by Crippen LogP contribution is 2.39. The molecule has 10 heteroatoms. The molecule has 2 N–H and O–H groups in total. The Labute approximate surface area is 212 Å². The smallest absolute Gasteiger partial charge is 0.325 e. The van der Waals surface area contributed by atoms with Crippen LogP contribution in [-0.4, -0.2) is 56.4 Å². The van der Waals surface area contributed by atoms with Crippen LogP contribution in [0, 0.1) is 5.92 Å². The fraction of sp³-hybridized carbons (Fsp3) is 0.423. The lowest BCUT2D eigenvalue weighted by Crippen LogP contribution is -2.52. The fourth-order valence-corrected chi connectivity index (χ4v) is 6.12. The van der Waals surface area contributed by atoms with Gasteiger partial charge in [-0.1, -0.05) is 35.5 Å². The second-order valence-electron chi connectivity index (χ2n) is 9.90. The van der Waals surface area contributed by atoms with Crippen LogP contribution in [0.1, 0.15) is 44.6 Å². The number of urea groups is 1. The lowest BCUT2D eigenvalue weighted by molar-refractivity contribution is -0.134. The van der Waals surface area contributed by atoms with E-state index in [0.29, 0.717) is 19.5 Å². The topological polar surface area (TPSA) is 109 Å². The number of aromatic nitrogens is 3. The first-order valence-electron chi connectivity index (χ1n) is 12.5. The molecule has 2 aromatic heterocycles. The summed E-state index contributed by atoms with van der Waals surface area (Å²) in [6, 6.07) is 14.3. The first-order chi connectivity index (χ1) is 17.5. The van der Waals surface area contributed by atoms with Crippen molar-refractivity contribution in [2.75, 3.05) is 13.1 Å². The summed E-state index contributed by atoms with van der Waals surface area (Å²) in [5.41, 5.74) is 1.39. The normalized spacial score (nSPS) is 22.3. The SMILES string of the molecule is O=C(NCCCN1C(=O)NC2(CCC2)C1=O)C1CC(n2cc(-c3ccc(-c4ccccc4)s3)nn2)C1. The number of nitrogens with zero attached hydrogens (tertiary/aromatic N) is 4. The van der Waals surface area contributed by atoms with Gasteiger partial charge in [0.25, 0.3) is 5.91 Å². The van der Waals surface area contributed by atoms with Gasteiger partial charge in [0.2, 0.25) is 5.91 Å². The maximum atomic E-state index is 12.5. The van der Waals surface area contributed by atoms with Gasteiger partial charge in [0.1, 0.15) is 11.2 Å². The fourth-order valence-electron chi connectivity index (χ4n) is 5.16. The van der Waals surface area contributed by atoms with Crippen molar-refractivity contribution in [2.45, 2.75) is 50.1 Å². The third kappa shape index (κ3) is 4.09. The van der Waals surface area contributed by atoms with Crippen molar-refractivity contribution in [3.63, 3.8) is 0 Å². The quantitative estimate of drug-likeness (QED) is 0.360. The summed E-state index contributed by atoms with van der Waals surface area (Å²) in [5.74, 6) is -0.146. The second-order valence-corrected chi connectivity index (χ2v) is 11.0. The second kappa shape index (κ2) is 9.16. The highest BCUT2D eigenvalue weighted by Gasteiger charge is 2.54. The molecule has 1 spiro atoms. The molecule has 3 aromatic rings. The van der Waals surface area contributed by atoms with E-state index < -0.39 is 5.54 Å². The monoisotopic (exact) mass is 504 g/mol. The lowest BCUT2D eigenvalue weighted by atomic mass is 9.77. The number of imide groups is 1. The van der Waals surface area contributed by atoms with Crippen molar-refractivity contribution in [2.24, 2.45) is 5.92 Å². The molecule has 3 fully saturated rings. The Kier molecular flexibility index (Phi) is 5.83. The predicted octanol–water partition coefficient (Wildman–Crippen LogP) is 3.61. The van der Waals surface area contributed by atoms with Crippen LogP contribution in [0.15, 0.2) is 48.7 Å². The first-order valence-corrected chi connectivity index (χ1v) is 13.3. The molecule has 1 aromatic carbocycles. The van der Waals surface area contributed by atoms with Crippen LogP contribution in [0.5, 0.6) is 0 Å². The first kappa shape index (κ1) is 22.9. The van der Waals surface area contributed by atoms with Crippen LogP contribution in [0.25, 0.3) is 21.0 Å². The number of thiophene rings is 1. The van der Waals surface area contributed by atoms with Crippen molar-refractivity contribution >= 4 is 29.2 Å². The highest BCUT2D eigenvalue weighted by atomic mass is 32.1. The van der Waals surface area contributed by atoms with E-state index in [9.17, 15) is 14.4 Å². The van der Waals surface area contributed by atoms with Crippen molar-refractivity contribution < 1.29 is 14.4 Å². The number of nitrogens with one attached hydrogen (secondary N) is 2. The molecule has 6 rings (SSSR count). The maximum Gasteiger partial charge on any atom is 0.325 e. The van der Waals surface area contributed by atoms with Crippen LogP contribution >= 0.6 is 11.3 Å². The van der Waals surface area contributed by atoms with Crippen molar-refractivity contribution in [3.8, 4) is 21.0 Å². The number of carbonyl (C=O) groups excluding carboxylic acids is 3. The summed E-state index contributed by atoms with van der Waals surface area (Å²) in [5, 5.41) is 14.5. The third-order valence-corrected chi connectivity index (χ3v) is 8.75. The van der Waals surface area contributed by atoms with E-state index in [-0.39, 0.29) is 29.8 Å². The molecule has 3 aliphatic rings. The summed E-state index contributed by atoms with van der Waals surface area (Å²) in [4.78, 5) is 40.7. The summed E-state index contributed by atoms with van der Waals surface area (Å²) < 4.78 is 1.87. The Hall–Kier alpha value is -3.53. The molecule has 0 unspecified atom stereocenters. The van der Waals surface area contributed by atoms with E-state index in [2.05, 4.69) is 45.2 Å². The average Bonchev–Trinajstić information content (AvgIpc) is 3.55. The highest BCUT2D eigenvalue weighted by molar-refractivity contribution is 7.18. The van der Waals surface area contributed by atoms with Crippen molar-refractivity contribution in [1.29, 1.82) is 0 Å². The van der Waals surface area contributed by atoms with Crippen LogP contribution in [0.4, 0.5) is 4.79 Å². The Balaban J connectivity index is 0.952. The van der Waals surface area contributed by atoms with Gasteiger partial charge in [0.15, 0.2) is 0 Å². The number of rotatable bonds is 8. The molecule has 9 nitrogen and oxygen atoms in total. The lowest BCUT2D eigenvalue weighted by Gasteiger charge is -2.35. The zero-order chi connectivity index (χ0) is 24.7. The van der Waals surface area contributed by atoms with Gasteiger partial charge in [-0.05, 0) is 56.2 Å². The molecular formula is C26H28N6O3S. The van der Waals surface area contributed by atoms with E-state index in [1.165, 1.54) is 15.3 Å². The molecule has 2 saturated carbocycles. The summed E-state index contributed by atoms with van der Waals surface area (Å²) in [7, 11) is 0. The largest absolute Gasteiger partial charge is 0.356 e. The molecule has 0 bridgehead atoms. The van der Waals surface area contributed by atoms with Gasteiger partial charge in [-0.2, -0.15) is 0 Å². The third-order valence-electron chi connectivity index (χ3n) is 7.60. The number of hydrogen-bond acceptors (Lipinski definition) is 6. The number of hydrogen-bond donors (Lipinski definition) is 2. The molecule has 1 aliphatic heterocycles. The average molecular weight is 505 g/mol. The minimum atomic E-state index is -0.643. The van der Waals surface area contributed by atoms with Gasteiger partial charge in [0, 0.05) is 23.9 Å². The van der Waals surface area contributed by atoms with Gasteiger partial charge in [-0.15, -0.1) is 16.4 Å². The zero-order valence-corrected chi connectivity index (χ0v) is 20.7. The van der Waals surface area contributed by atoms with E-state index in [4.69, 9.17) is 0 Å². The zero-order valence-electron chi connectivity index (χ0n) is 19.9. The Morgan fingerprint density at radius 3 is 2.61 bits per heavy atom. The predicted molar refractivity (Wildman–Crippen MR) is 135 cm³/mol. The summed E-state index contributed by atoms with van der Waals surface area (Å²) in [6.45, 7) is 0.774. The molecule has 0 radical (unpaired) electrons. The number of amides is 4. The summed E-state index contributed by atoms with van der Waals surface area (Å²) >= 11 is 1.69. The maximum absolute atomic E-state index is 12.5. The molecule has 1 saturated heterocycles. The van der Waals surface area contributed by atoms with Crippen LogP contribution in [-0.2, 0) is 9.59 Å². The summed E-state index contributed by atoms with van der Waals surface area (Å²) in [6.07, 6.45) is 6.39. The molecule has 186 valence electrons. The molecular weight excluding hydrogens is 476 g/mol. The van der Waals surface area contributed by atoms with Crippen molar-refractivity contribution in [3.05, 3.63) is 48.7 Å². The Morgan fingerprint density at radius 1 is 1.11 bits per heavy atom. The van der Waals surface area contributed by atoms with Gasteiger partial charge < -0.3 is 10.6 Å². The number of benzene rings is 1. The minimum Gasteiger partial charge on any atom is -0.356 e. The van der Waals surface area contributed by atoms with E-state index in [1.807, 2.05) is 29.1 Å². The van der Waals surface area contributed by atoms with E-state index in [0.717, 1.165) is 42.7 Å². The standard InChI is InChI=1S/C26H28N6O3S/c33-23(27-12-5-13-31-24(34)26(10-4-11-26)28-25(31)35)18-14-19(15-18)32-16-20(29-30-32)22-9-8-21(36-22)17-6-2-1-3-7-17/h1-3,6-9,16,18-19H,4-5,10-15H2,(H,27,33)(H,28,35). The van der Waals surface area contributed by atoms with Gasteiger partial charge in [-0.3, -0.25) is 14.5 Å². The Morgan fingerprint density at radius 2 is 1.89 bits per heavy atom.